The van der Waals surface area contributed by atoms with E-state index < -0.39 is 21.4 Å². The highest BCUT2D eigenvalue weighted by molar-refractivity contribution is 6.59. The van der Waals surface area contributed by atoms with Gasteiger partial charge in [0.25, 0.3) is 0 Å². The van der Waals surface area contributed by atoms with Crippen LogP contribution in [0.25, 0.3) is 0 Å². The molecule has 37 heavy (non-hydrogen) atoms. The van der Waals surface area contributed by atoms with Crippen LogP contribution in [0.5, 0.6) is 5.75 Å². The topological polar surface area (TPSA) is 151 Å². The standard InChI is InChI=1S/C24H23B4NO8/c30-25-37-24-15-13-23(14-16-24)29(20-7-1-17(2-8-20)26(31)32,21-9-3-18(4-10-21)27(33)34)22-11-5-19(6-12-22)28(35)36/h1-16,30-36H/q+1. The van der Waals surface area contributed by atoms with Crippen molar-refractivity contribution >= 4 is 68.2 Å². The zero-order valence-corrected chi connectivity index (χ0v) is 19.5. The highest BCUT2D eigenvalue weighted by atomic mass is 16.5. The first-order valence-corrected chi connectivity index (χ1v) is 11.3. The van der Waals surface area contributed by atoms with Gasteiger partial charge in [-0.15, -0.1) is 0 Å². The molecule has 9 nitrogen and oxygen atoms in total. The Morgan fingerprint density at radius 1 is 0.459 bits per heavy atom. The smallest absolute Gasteiger partial charge is 0.537 e. The van der Waals surface area contributed by atoms with Gasteiger partial charge < -0.3 is 39.8 Å². The van der Waals surface area contributed by atoms with E-state index in [0.29, 0.717) is 52.6 Å². The third-order valence-electron chi connectivity index (χ3n) is 6.15. The molecule has 13 heteroatoms. The van der Waals surface area contributed by atoms with Gasteiger partial charge >= 0.3 is 29.0 Å². The molecule has 0 aliphatic carbocycles. The van der Waals surface area contributed by atoms with Crippen LogP contribution in [0.15, 0.2) is 97.1 Å². The fraction of sp³-hybridized carbons (Fsp3) is 0. The van der Waals surface area contributed by atoms with Gasteiger partial charge in [-0.3, -0.25) is 0 Å². The van der Waals surface area contributed by atoms with Crippen LogP contribution in [-0.4, -0.2) is 64.2 Å². The van der Waals surface area contributed by atoms with Crippen molar-refractivity contribution in [2.45, 2.75) is 0 Å². The van der Waals surface area contributed by atoms with Crippen LogP contribution in [0.4, 0.5) is 22.7 Å². The lowest BCUT2D eigenvalue weighted by Crippen LogP contribution is -2.36. The molecule has 0 spiro atoms. The van der Waals surface area contributed by atoms with E-state index in [-0.39, 0.29) is 4.48 Å². The summed E-state index contributed by atoms with van der Waals surface area (Å²) >= 11 is 0. The Hall–Kier alpha value is -3.38. The lowest BCUT2D eigenvalue weighted by atomic mass is 9.79. The van der Waals surface area contributed by atoms with E-state index in [1.165, 1.54) is 0 Å². The van der Waals surface area contributed by atoms with E-state index in [0.717, 1.165) is 0 Å². The summed E-state index contributed by atoms with van der Waals surface area (Å²) in [6.45, 7) is 0. The van der Waals surface area contributed by atoms with Crippen molar-refractivity contribution < 1.29 is 39.8 Å². The minimum absolute atomic E-state index is 0.0610. The summed E-state index contributed by atoms with van der Waals surface area (Å²) in [5.41, 5.74) is 3.63. The van der Waals surface area contributed by atoms with Crippen molar-refractivity contribution in [2.24, 2.45) is 0 Å². The van der Waals surface area contributed by atoms with Crippen LogP contribution in [0, 0.1) is 0 Å². The molecule has 0 amide bonds. The van der Waals surface area contributed by atoms with Crippen molar-refractivity contribution in [3.05, 3.63) is 97.1 Å². The Labute approximate surface area is 215 Å². The van der Waals surface area contributed by atoms with Gasteiger partial charge in [-0.2, -0.15) is 4.48 Å². The van der Waals surface area contributed by atoms with Crippen molar-refractivity contribution in [1.82, 2.24) is 4.48 Å². The summed E-state index contributed by atoms with van der Waals surface area (Å²) in [5.74, 6) is 0.389. The van der Waals surface area contributed by atoms with E-state index in [1.807, 2.05) is 0 Å². The highest BCUT2D eigenvalue weighted by Crippen LogP contribution is 2.51. The van der Waals surface area contributed by atoms with Crippen LogP contribution in [0.2, 0.25) is 0 Å². The largest absolute Gasteiger partial charge is 0.569 e. The molecule has 4 rings (SSSR count). The minimum atomic E-state index is -1.65. The molecule has 0 heterocycles. The Bertz CT molecular complexity index is 1180. The monoisotopic (exact) mass is 497 g/mol. The summed E-state index contributed by atoms with van der Waals surface area (Å²) in [7, 11) is -4.39. The molecule has 0 aliphatic rings. The first-order valence-electron chi connectivity index (χ1n) is 11.3. The van der Waals surface area contributed by atoms with Crippen LogP contribution in [0.1, 0.15) is 0 Å². The minimum Gasteiger partial charge on any atom is -0.537 e. The third-order valence-corrected chi connectivity index (χ3v) is 6.15. The maximum atomic E-state index is 9.63. The van der Waals surface area contributed by atoms with Gasteiger partial charge in [0.2, 0.25) is 0 Å². The number of rotatable bonds is 9. The maximum Gasteiger partial charge on any atom is 0.569 e. The molecule has 0 unspecified atom stereocenters. The number of hydrogen-bond acceptors (Lipinski definition) is 8. The SMILES string of the molecule is O[B]Oc1ccc([N+](c2ccc(B(O)O)cc2)(c2ccc(B(O)O)cc2)c2ccc(B(O)O)cc2)cc1. The fourth-order valence-electron chi connectivity index (χ4n) is 4.31. The Kier molecular flexibility index (Phi) is 8.18. The molecule has 0 saturated heterocycles. The Morgan fingerprint density at radius 2 is 0.730 bits per heavy atom. The molecule has 0 bridgehead atoms. The lowest BCUT2D eigenvalue weighted by Gasteiger charge is -2.37. The molecule has 0 atom stereocenters. The predicted octanol–water partition coefficient (Wildman–Crippen LogP) is -1.07. The van der Waals surface area contributed by atoms with Crippen molar-refractivity contribution in [2.75, 3.05) is 0 Å². The van der Waals surface area contributed by atoms with E-state index in [1.54, 1.807) is 97.1 Å². The van der Waals surface area contributed by atoms with E-state index in [9.17, 15) is 30.1 Å². The number of quaternary nitrogens is 1. The number of benzene rings is 4. The number of nitrogens with zero attached hydrogens (tertiary/aromatic N) is 1. The summed E-state index contributed by atoms with van der Waals surface area (Å²) in [6, 6.07) is 26.9. The molecular weight excluding hydrogens is 474 g/mol. The van der Waals surface area contributed by atoms with Crippen molar-refractivity contribution in [3.8, 4) is 5.75 Å². The van der Waals surface area contributed by atoms with Gasteiger partial charge in [0.05, 0.1) is 0 Å². The third kappa shape index (κ3) is 5.35. The first kappa shape index (κ1) is 26.7. The molecule has 0 saturated carbocycles. The Balaban J connectivity index is 2.04. The fourth-order valence-corrected chi connectivity index (χ4v) is 4.31. The molecule has 1 radical (unpaired) electrons. The van der Waals surface area contributed by atoms with Gasteiger partial charge in [-0.1, -0.05) is 36.4 Å². The van der Waals surface area contributed by atoms with Gasteiger partial charge in [0.15, 0.2) is 0 Å². The van der Waals surface area contributed by atoms with E-state index in [4.69, 9.17) is 9.68 Å². The van der Waals surface area contributed by atoms with Gasteiger partial charge in [-0.25, -0.2) is 0 Å². The van der Waals surface area contributed by atoms with Gasteiger partial charge in [0, 0.05) is 48.5 Å². The molecule has 7 N–H and O–H groups in total. The van der Waals surface area contributed by atoms with Crippen LogP contribution in [0.3, 0.4) is 0 Å². The summed E-state index contributed by atoms with van der Waals surface area (Å²) < 4.78 is 5.01. The van der Waals surface area contributed by atoms with Gasteiger partial charge in [-0.05, 0) is 28.5 Å². The van der Waals surface area contributed by atoms with Crippen molar-refractivity contribution in [1.29, 1.82) is 0 Å². The van der Waals surface area contributed by atoms with Crippen LogP contribution >= 0.6 is 0 Å². The zero-order chi connectivity index (χ0) is 26.6. The average Bonchev–Trinajstić information content (AvgIpc) is 2.91. The molecule has 4 aromatic carbocycles. The van der Waals surface area contributed by atoms with Crippen LogP contribution < -0.4 is 25.5 Å². The molecule has 0 aromatic heterocycles. The molecule has 183 valence electrons. The molecular formula is C24H23B4NO8+. The summed E-state index contributed by atoms with van der Waals surface area (Å²) in [5, 5.41) is 66.8. The lowest BCUT2D eigenvalue weighted by molar-refractivity contribution is 0.424. The summed E-state index contributed by atoms with van der Waals surface area (Å²) in [6.07, 6.45) is 0. The Morgan fingerprint density at radius 3 is 0.973 bits per heavy atom. The van der Waals surface area contributed by atoms with Gasteiger partial charge in [0.1, 0.15) is 28.5 Å². The van der Waals surface area contributed by atoms with E-state index >= 15 is 0 Å². The molecule has 4 aromatic rings. The highest BCUT2D eigenvalue weighted by Gasteiger charge is 2.40. The van der Waals surface area contributed by atoms with Crippen LogP contribution in [-0.2, 0) is 0 Å². The number of hydrogen-bond donors (Lipinski definition) is 7. The normalized spacial score (nSPS) is 11.1. The second kappa shape index (κ2) is 11.3. The average molecular weight is 497 g/mol. The van der Waals surface area contributed by atoms with Crippen molar-refractivity contribution in [3.63, 3.8) is 0 Å². The first-order chi connectivity index (χ1) is 17.8. The molecule has 0 aliphatic heterocycles. The molecule has 0 fully saturated rings. The predicted molar refractivity (Wildman–Crippen MR) is 145 cm³/mol. The zero-order valence-electron chi connectivity index (χ0n) is 19.5. The maximum absolute atomic E-state index is 9.63. The second-order valence-electron chi connectivity index (χ2n) is 8.28. The summed E-state index contributed by atoms with van der Waals surface area (Å²) in [4.78, 5) is 0. The quantitative estimate of drug-likeness (QED) is 0.114. The van der Waals surface area contributed by atoms with E-state index in [2.05, 4.69) is 0 Å². The second-order valence-corrected chi connectivity index (χ2v) is 8.28.